The molecule has 0 fully saturated rings. The highest BCUT2D eigenvalue weighted by Crippen LogP contribution is 2.15. The number of Topliss-reactive ketones (excluding diaryl/α,β-unsaturated/α-hetero) is 1. The molecular formula is C13H17N3O. The fourth-order valence-corrected chi connectivity index (χ4v) is 1.72. The number of para-hydroxylation sites is 2. The van der Waals surface area contributed by atoms with Crippen LogP contribution in [-0.2, 0) is 18.3 Å². The Balaban J connectivity index is 2.37. The summed E-state index contributed by atoms with van der Waals surface area (Å²) in [6, 6.07) is 7.83. The van der Waals surface area contributed by atoms with Gasteiger partial charge in [0.1, 0.15) is 5.82 Å². The van der Waals surface area contributed by atoms with E-state index in [1.54, 1.807) is 13.8 Å². The second-order valence-electron chi connectivity index (χ2n) is 4.90. The van der Waals surface area contributed by atoms with Gasteiger partial charge in [-0.2, -0.15) is 0 Å². The number of carbonyl (C=O) groups is 1. The molecule has 0 bridgehead atoms. The van der Waals surface area contributed by atoms with Crippen molar-refractivity contribution in [3.05, 3.63) is 30.1 Å². The second-order valence-corrected chi connectivity index (χ2v) is 4.90. The molecule has 0 saturated heterocycles. The largest absolute Gasteiger partial charge is 0.331 e. The molecule has 0 radical (unpaired) electrons. The van der Waals surface area contributed by atoms with E-state index >= 15 is 0 Å². The van der Waals surface area contributed by atoms with Gasteiger partial charge in [0, 0.05) is 7.05 Å². The summed E-state index contributed by atoms with van der Waals surface area (Å²) in [6.45, 7) is 3.44. The Kier molecular flexibility index (Phi) is 2.75. The summed E-state index contributed by atoms with van der Waals surface area (Å²) in [4.78, 5) is 16.3. The Labute approximate surface area is 100 Å². The van der Waals surface area contributed by atoms with Crippen LogP contribution < -0.4 is 5.73 Å². The van der Waals surface area contributed by atoms with Crippen LogP contribution in [0.3, 0.4) is 0 Å². The highest BCUT2D eigenvalue weighted by Gasteiger charge is 2.23. The van der Waals surface area contributed by atoms with Crippen LogP contribution in [0.1, 0.15) is 19.7 Å². The Morgan fingerprint density at radius 2 is 2.06 bits per heavy atom. The van der Waals surface area contributed by atoms with Crippen molar-refractivity contribution in [1.29, 1.82) is 0 Å². The van der Waals surface area contributed by atoms with Crippen LogP contribution in [0.2, 0.25) is 0 Å². The zero-order valence-corrected chi connectivity index (χ0v) is 10.4. The Hall–Kier alpha value is -1.68. The summed E-state index contributed by atoms with van der Waals surface area (Å²) in [5.41, 5.74) is 6.92. The van der Waals surface area contributed by atoms with E-state index in [9.17, 15) is 4.79 Å². The molecule has 2 rings (SSSR count). The predicted molar refractivity (Wildman–Crippen MR) is 67.7 cm³/mol. The first-order chi connectivity index (χ1) is 7.89. The highest BCUT2D eigenvalue weighted by molar-refractivity contribution is 5.89. The number of nitrogens with zero attached hydrogens (tertiary/aromatic N) is 2. The number of aryl methyl sites for hydroxylation is 1. The molecule has 17 heavy (non-hydrogen) atoms. The number of hydrogen-bond acceptors (Lipinski definition) is 3. The van der Waals surface area contributed by atoms with Gasteiger partial charge in [0.15, 0.2) is 5.78 Å². The molecule has 90 valence electrons. The average molecular weight is 231 g/mol. The number of rotatable bonds is 3. The maximum absolute atomic E-state index is 11.9. The van der Waals surface area contributed by atoms with Crippen LogP contribution in [0, 0.1) is 0 Å². The van der Waals surface area contributed by atoms with Gasteiger partial charge in [-0.25, -0.2) is 4.98 Å². The van der Waals surface area contributed by atoms with Crippen molar-refractivity contribution in [3.8, 4) is 0 Å². The summed E-state index contributed by atoms with van der Waals surface area (Å²) < 4.78 is 1.94. The van der Waals surface area contributed by atoms with Crippen molar-refractivity contribution in [3.63, 3.8) is 0 Å². The number of ketones is 1. The Bertz CT molecular complexity index is 564. The van der Waals surface area contributed by atoms with E-state index in [4.69, 9.17) is 5.73 Å². The molecule has 0 spiro atoms. The third kappa shape index (κ3) is 2.22. The van der Waals surface area contributed by atoms with Crippen LogP contribution in [0.5, 0.6) is 0 Å². The lowest BCUT2D eigenvalue weighted by Gasteiger charge is -2.16. The quantitative estimate of drug-likeness (QED) is 0.869. The van der Waals surface area contributed by atoms with Gasteiger partial charge < -0.3 is 10.3 Å². The SMILES string of the molecule is Cn1c(CC(=O)C(C)(C)N)nc2ccccc21. The molecule has 1 aromatic heterocycles. The number of nitrogens with two attached hydrogens (primary N) is 1. The molecule has 0 unspecified atom stereocenters. The average Bonchev–Trinajstić information content (AvgIpc) is 2.55. The van der Waals surface area contributed by atoms with Gasteiger partial charge in [0.05, 0.1) is 23.0 Å². The van der Waals surface area contributed by atoms with E-state index in [2.05, 4.69) is 4.98 Å². The van der Waals surface area contributed by atoms with Gasteiger partial charge in [-0.3, -0.25) is 4.79 Å². The van der Waals surface area contributed by atoms with Crippen molar-refractivity contribution in [1.82, 2.24) is 9.55 Å². The van der Waals surface area contributed by atoms with Crippen LogP contribution >= 0.6 is 0 Å². The fraction of sp³-hybridized carbons (Fsp3) is 0.385. The van der Waals surface area contributed by atoms with E-state index < -0.39 is 5.54 Å². The standard InChI is InChI=1S/C13H17N3O/c1-13(2,14)11(17)8-12-15-9-6-4-5-7-10(9)16(12)3/h4-7H,8,14H2,1-3H3. The first-order valence-electron chi connectivity index (χ1n) is 5.62. The van der Waals surface area contributed by atoms with Crippen molar-refractivity contribution in [2.75, 3.05) is 0 Å². The van der Waals surface area contributed by atoms with Gasteiger partial charge in [-0.1, -0.05) is 12.1 Å². The smallest absolute Gasteiger partial charge is 0.159 e. The molecule has 4 heteroatoms. The molecule has 0 aliphatic carbocycles. The third-order valence-corrected chi connectivity index (χ3v) is 2.92. The number of imidazole rings is 1. The van der Waals surface area contributed by atoms with Gasteiger partial charge >= 0.3 is 0 Å². The first kappa shape index (κ1) is 11.8. The predicted octanol–water partition coefficient (Wildman–Crippen LogP) is 1.42. The Morgan fingerprint density at radius 3 is 2.65 bits per heavy atom. The highest BCUT2D eigenvalue weighted by atomic mass is 16.1. The number of aromatic nitrogens is 2. The maximum atomic E-state index is 11.9. The van der Waals surface area contributed by atoms with Crippen LogP contribution in [0.4, 0.5) is 0 Å². The normalized spacial score (nSPS) is 12.0. The second kappa shape index (κ2) is 3.96. The lowest BCUT2D eigenvalue weighted by atomic mass is 9.98. The molecule has 0 aliphatic rings. The molecule has 2 aromatic rings. The number of fused-ring (bicyclic) bond motifs is 1. The molecule has 1 heterocycles. The van der Waals surface area contributed by atoms with Gasteiger partial charge in [-0.15, -0.1) is 0 Å². The minimum atomic E-state index is -0.807. The molecule has 2 N–H and O–H groups in total. The van der Waals surface area contributed by atoms with E-state index in [0.717, 1.165) is 16.9 Å². The van der Waals surface area contributed by atoms with Crippen LogP contribution in [0.15, 0.2) is 24.3 Å². The lowest BCUT2D eigenvalue weighted by Crippen LogP contribution is -2.42. The van der Waals surface area contributed by atoms with E-state index in [1.165, 1.54) is 0 Å². The number of benzene rings is 1. The summed E-state index contributed by atoms with van der Waals surface area (Å²) in [7, 11) is 1.92. The molecule has 4 nitrogen and oxygen atoms in total. The number of carbonyl (C=O) groups excluding carboxylic acids is 1. The monoisotopic (exact) mass is 231 g/mol. The van der Waals surface area contributed by atoms with Gasteiger partial charge in [0.25, 0.3) is 0 Å². The molecule has 1 aromatic carbocycles. The number of hydrogen-bond donors (Lipinski definition) is 1. The van der Waals surface area contributed by atoms with Crippen molar-refractivity contribution in [2.45, 2.75) is 25.8 Å². The van der Waals surface area contributed by atoms with Crippen LogP contribution in [-0.4, -0.2) is 20.9 Å². The minimum Gasteiger partial charge on any atom is -0.331 e. The lowest BCUT2D eigenvalue weighted by molar-refractivity contribution is -0.122. The summed E-state index contributed by atoms with van der Waals surface area (Å²) >= 11 is 0. The zero-order chi connectivity index (χ0) is 12.6. The molecule has 0 saturated carbocycles. The topological polar surface area (TPSA) is 60.9 Å². The molecule has 0 aliphatic heterocycles. The van der Waals surface area contributed by atoms with Crippen molar-refractivity contribution >= 4 is 16.8 Å². The van der Waals surface area contributed by atoms with Crippen molar-refractivity contribution in [2.24, 2.45) is 12.8 Å². The van der Waals surface area contributed by atoms with Gasteiger partial charge in [0.2, 0.25) is 0 Å². The fourth-order valence-electron chi connectivity index (χ4n) is 1.72. The van der Waals surface area contributed by atoms with E-state index in [-0.39, 0.29) is 12.2 Å². The zero-order valence-electron chi connectivity index (χ0n) is 10.4. The summed E-state index contributed by atoms with van der Waals surface area (Å²) in [6.07, 6.45) is 0.272. The van der Waals surface area contributed by atoms with Gasteiger partial charge in [-0.05, 0) is 26.0 Å². The maximum Gasteiger partial charge on any atom is 0.159 e. The molecular weight excluding hydrogens is 214 g/mol. The summed E-state index contributed by atoms with van der Waals surface area (Å²) in [5, 5.41) is 0. The molecule has 0 atom stereocenters. The van der Waals surface area contributed by atoms with Crippen molar-refractivity contribution < 1.29 is 4.79 Å². The first-order valence-corrected chi connectivity index (χ1v) is 5.62. The minimum absolute atomic E-state index is 0.00379. The Morgan fingerprint density at radius 1 is 1.41 bits per heavy atom. The van der Waals surface area contributed by atoms with E-state index in [0.29, 0.717) is 0 Å². The molecule has 0 amide bonds. The summed E-state index contributed by atoms with van der Waals surface area (Å²) in [5.74, 6) is 0.755. The van der Waals surface area contributed by atoms with Crippen LogP contribution in [0.25, 0.3) is 11.0 Å². The van der Waals surface area contributed by atoms with E-state index in [1.807, 2.05) is 35.9 Å². The third-order valence-electron chi connectivity index (χ3n) is 2.92.